The Morgan fingerprint density at radius 1 is 1.19 bits per heavy atom. The fourth-order valence-corrected chi connectivity index (χ4v) is 2.28. The van der Waals surface area contributed by atoms with Gasteiger partial charge in [0.15, 0.2) is 0 Å². The van der Waals surface area contributed by atoms with Crippen LogP contribution in [-0.4, -0.2) is 11.8 Å². The van der Waals surface area contributed by atoms with E-state index in [4.69, 9.17) is 0 Å². The van der Waals surface area contributed by atoms with Crippen LogP contribution < -0.4 is 5.32 Å². The van der Waals surface area contributed by atoms with E-state index in [2.05, 4.69) is 5.32 Å². The number of anilines is 1. The number of alkyl halides is 3. The lowest BCUT2D eigenvalue weighted by Crippen LogP contribution is -2.28. The molecule has 0 radical (unpaired) electrons. The van der Waals surface area contributed by atoms with Crippen LogP contribution in [0.3, 0.4) is 0 Å². The molecule has 0 aliphatic heterocycles. The first-order valence-corrected chi connectivity index (χ1v) is 6.64. The molecule has 1 aromatic carbocycles. The van der Waals surface area contributed by atoms with E-state index in [1.54, 1.807) is 0 Å². The zero-order valence-electron chi connectivity index (χ0n) is 11.5. The first-order chi connectivity index (χ1) is 9.86. The van der Waals surface area contributed by atoms with Gasteiger partial charge in [-0.15, -0.1) is 0 Å². The summed E-state index contributed by atoms with van der Waals surface area (Å²) in [6, 6.07) is 4.69. The van der Waals surface area contributed by atoms with Crippen molar-refractivity contribution in [3.05, 3.63) is 54.1 Å². The Kier molecular flexibility index (Phi) is 4.50. The lowest BCUT2D eigenvalue weighted by molar-refractivity contribution is -0.137. The van der Waals surface area contributed by atoms with Gasteiger partial charge in [-0.05, 0) is 31.2 Å². The molecule has 0 spiro atoms. The Morgan fingerprint density at radius 3 is 2.24 bits per heavy atom. The minimum Gasteiger partial charge on any atom is -0.381 e. The van der Waals surface area contributed by atoms with E-state index in [-0.39, 0.29) is 17.7 Å². The van der Waals surface area contributed by atoms with Crippen molar-refractivity contribution in [3.63, 3.8) is 0 Å². The molecule has 0 aromatic heterocycles. The summed E-state index contributed by atoms with van der Waals surface area (Å²) >= 11 is 0. The number of allylic oxidation sites excluding steroid dienone is 2. The highest BCUT2D eigenvalue weighted by molar-refractivity contribution is 5.76. The second-order valence-corrected chi connectivity index (χ2v) is 5.08. The molecule has 2 rings (SSSR count). The van der Waals surface area contributed by atoms with Gasteiger partial charge < -0.3 is 5.32 Å². The largest absolute Gasteiger partial charge is 0.416 e. The fourth-order valence-electron chi connectivity index (χ4n) is 2.28. The molecule has 112 valence electrons. The molecule has 0 bridgehead atoms. The third-order valence-electron chi connectivity index (χ3n) is 3.31. The Balaban J connectivity index is 2.11. The van der Waals surface area contributed by atoms with Crippen LogP contribution in [0.2, 0.25) is 0 Å². The summed E-state index contributed by atoms with van der Waals surface area (Å²) in [6.45, 7) is 1.50. The second-order valence-electron chi connectivity index (χ2n) is 5.08. The van der Waals surface area contributed by atoms with E-state index in [0.717, 1.165) is 12.1 Å². The van der Waals surface area contributed by atoms with Gasteiger partial charge in [-0.3, -0.25) is 4.79 Å². The number of carbonyl (C=O) groups is 1. The van der Waals surface area contributed by atoms with Crippen molar-refractivity contribution in [1.29, 1.82) is 0 Å². The van der Waals surface area contributed by atoms with Crippen molar-refractivity contribution in [3.8, 4) is 0 Å². The van der Waals surface area contributed by atoms with E-state index < -0.39 is 11.7 Å². The van der Waals surface area contributed by atoms with Crippen LogP contribution in [-0.2, 0) is 11.0 Å². The van der Waals surface area contributed by atoms with Gasteiger partial charge in [-0.25, -0.2) is 0 Å². The predicted molar refractivity (Wildman–Crippen MR) is 75.9 cm³/mol. The van der Waals surface area contributed by atoms with Crippen LogP contribution in [0.4, 0.5) is 18.9 Å². The smallest absolute Gasteiger partial charge is 0.381 e. The van der Waals surface area contributed by atoms with Gasteiger partial charge in [0.05, 0.1) is 5.56 Å². The number of halogens is 3. The topological polar surface area (TPSA) is 29.1 Å². The molecule has 21 heavy (non-hydrogen) atoms. The van der Waals surface area contributed by atoms with E-state index in [0.29, 0.717) is 12.1 Å². The third kappa shape index (κ3) is 4.21. The third-order valence-corrected chi connectivity index (χ3v) is 3.31. The molecular formula is C16H16F3NO. The summed E-state index contributed by atoms with van der Waals surface area (Å²) < 4.78 is 37.5. The molecule has 1 aliphatic rings. The standard InChI is InChI=1S/C16H16F3NO/c1-11(21)10-15(12-4-2-3-5-12)20-14-8-6-13(7-9-14)16(17,18)19/h2-9,12,15,20H,10H2,1H3/t15-/m0/s1. The lowest BCUT2D eigenvalue weighted by atomic mass is 9.96. The number of carbonyl (C=O) groups excluding carboxylic acids is 1. The van der Waals surface area contributed by atoms with Gasteiger partial charge in [-0.1, -0.05) is 24.3 Å². The average molecular weight is 295 g/mol. The minimum atomic E-state index is -4.34. The highest BCUT2D eigenvalue weighted by Gasteiger charge is 2.30. The number of rotatable bonds is 5. The van der Waals surface area contributed by atoms with Crippen molar-refractivity contribution < 1.29 is 18.0 Å². The molecule has 0 saturated carbocycles. The molecule has 0 amide bonds. The number of ketones is 1. The molecule has 2 nitrogen and oxygen atoms in total. The fraction of sp³-hybridized carbons (Fsp3) is 0.312. The van der Waals surface area contributed by atoms with Crippen molar-refractivity contribution in [2.45, 2.75) is 25.6 Å². The summed E-state index contributed by atoms with van der Waals surface area (Å²) in [4.78, 5) is 11.3. The average Bonchev–Trinajstić information content (AvgIpc) is 2.90. The Hall–Kier alpha value is -2.04. The molecule has 1 N–H and O–H groups in total. The van der Waals surface area contributed by atoms with Crippen molar-refractivity contribution in [1.82, 2.24) is 0 Å². The van der Waals surface area contributed by atoms with Crippen molar-refractivity contribution >= 4 is 11.5 Å². The maximum Gasteiger partial charge on any atom is 0.416 e. The van der Waals surface area contributed by atoms with Gasteiger partial charge in [0, 0.05) is 24.1 Å². The first-order valence-electron chi connectivity index (χ1n) is 6.64. The summed E-state index contributed by atoms with van der Waals surface area (Å²) in [7, 11) is 0. The van der Waals surface area contributed by atoms with Crippen molar-refractivity contribution in [2.24, 2.45) is 5.92 Å². The Morgan fingerprint density at radius 2 is 1.76 bits per heavy atom. The molecule has 1 aromatic rings. The molecule has 0 saturated heterocycles. The highest BCUT2D eigenvalue weighted by Crippen LogP contribution is 2.30. The number of benzene rings is 1. The summed E-state index contributed by atoms with van der Waals surface area (Å²) in [5, 5.41) is 3.14. The second kappa shape index (κ2) is 6.16. The molecule has 0 fully saturated rings. The monoisotopic (exact) mass is 295 g/mol. The van der Waals surface area contributed by atoms with Gasteiger partial charge in [0.2, 0.25) is 0 Å². The van der Waals surface area contributed by atoms with Crippen LogP contribution in [0.5, 0.6) is 0 Å². The van der Waals surface area contributed by atoms with Crippen molar-refractivity contribution in [2.75, 3.05) is 5.32 Å². The van der Waals surface area contributed by atoms with Gasteiger partial charge in [-0.2, -0.15) is 13.2 Å². The maximum absolute atomic E-state index is 12.5. The molecule has 1 aliphatic carbocycles. The molecule has 5 heteroatoms. The minimum absolute atomic E-state index is 0.0353. The SMILES string of the molecule is CC(=O)C[C@H](Nc1ccc(C(F)(F)F)cc1)C1C=CC=C1. The summed E-state index contributed by atoms with van der Waals surface area (Å²) in [5.74, 6) is 0.101. The van der Waals surface area contributed by atoms with Crippen LogP contribution >= 0.6 is 0 Å². The van der Waals surface area contributed by atoms with E-state index in [1.165, 1.54) is 19.1 Å². The number of Topliss-reactive ketones (excluding diaryl/α,β-unsaturated/α-hetero) is 1. The van der Waals surface area contributed by atoms with Gasteiger partial charge >= 0.3 is 6.18 Å². The Labute approximate surface area is 121 Å². The van der Waals surface area contributed by atoms with Crippen LogP contribution in [0.1, 0.15) is 18.9 Å². The molecular weight excluding hydrogens is 279 g/mol. The van der Waals surface area contributed by atoms with Gasteiger partial charge in [0.25, 0.3) is 0 Å². The van der Waals surface area contributed by atoms with E-state index >= 15 is 0 Å². The molecule has 1 atom stereocenters. The lowest BCUT2D eigenvalue weighted by Gasteiger charge is -2.23. The normalized spacial score (nSPS) is 16.2. The Bertz CT molecular complexity index is 546. The first kappa shape index (κ1) is 15.4. The van der Waals surface area contributed by atoms with Crippen LogP contribution in [0, 0.1) is 5.92 Å². The number of nitrogens with one attached hydrogen (secondary N) is 1. The molecule has 0 unspecified atom stereocenters. The number of hydrogen-bond donors (Lipinski definition) is 1. The number of hydrogen-bond acceptors (Lipinski definition) is 2. The van der Waals surface area contributed by atoms with Crippen LogP contribution in [0.25, 0.3) is 0 Å². The maximum atomic E-state index is 12.5. The van der Waals surface area contributed by atoms with Crippen LogP contribution in [0.15, 0.2) is 48.6 Å². The zero-order chi connectivity index (χ0) is 15.5. The quantitative estimate of drug-likeness (QED) is 0.881. The summed E-state index contributed by atoms with van der Waals surface area (Å²) in [5.41, 5.74) is -0.111. The van der Waals surface area contributed by atoms with E-state index in [1.807, 2.05) is 24.3 Å². The van der Waals surface area contributed by atoms with Gasteiger partial charge in [0.1, 0.15) is 5.78 Å². The highest BCUT2D eigenvalue weighted by atomic mass is 19.4. The van der Waals surface area contributed by atoms with E-state index in [9.17, 15) is 18.0 Å². The zero-order valence-corrected chi connectivity index (χ0v) is 11.5. The predicted octanol–water partition coefficient (Wildman–Crippen LogP) is 4.21. The summed E-state index contributed by atoms with van der Waals surface area (Å²) in [6.07, 6.45) is 3.70. The molecule has 0 heterocycles.